The summed E-state index contributed by atoms with van der Waals surface area (Å²) in [7, 11) is 0. The molecule has 0 spiro atoms. The number of hydrogen-bond acceptors (Lipinski definition) is 3. The van der Waals surface area contributed by atoms with Crippen LogP contribution in [-0.4, -0.2) is 31.8 Å². The molecule has 5 nitrogen and oxygen atoms in total. The Morgan fingerprint density at radius 3 is 2.65 bits per heavy atom. The largest absolute Gasteiger partial charge is 0.476 e. The maximum Gasteiger partial charge on any atom is 0.356 e. The van der Waals surface area contributed by atoms with Gasteiger partial charge < -0.3 is 14.8 Å². The Kier molecular flexibility index (Phi) is 2.73. The van der Waals surface area contributed by atoms with Gasteiger partial charge in [-0.2, -0.15) is 0 Å². The van der Waals surface area contributed by atoms with Crippen molar-refractivity contribution in [1.29, 1.82) is 0 Å². The van der Waals surface area contributed by atoms with E-state index >= 15 is 0 Å². The number of carboxylic acids is 1. The molecule has 94 valence electrons. The standard InChI is InChI=1S/C12H18N2O3/c1-12(2,3)11-13-9(10(16)17)8-5-4-7(15)6-14(8)11/h7,15H,4-6H2,1-3H3,(H,16,17). The summed E-state index contributed by atoms with van der Waals surface area (Å²) in [6.45, 7) is 6.43. The summed E-state index contributed by atoms with van der Waals surface area (Å²) in [5, 5.41) is 18.8. The summed E-state index contributed by atoms with van der Waals surface area (Å²) < 4.78 is 1.87. The van der Waals surface area contributed by atoms with Crippen LogP contribution in [-0.2, 0) is 18.4 Å². The van der Waals surface area contributed by atoms with Crippen LogP contribution >= 0.6 is 0 Å². The van der Waals surface area contributed by atoms with Crippen molar-refractivity contribution in [3.8, 4) is 0 Å². The predicted molar refractivity (Wildman–Crippen MR) is 62.2 cm³/mol. The number of aromatic carboxylic acids is 1. The Morgan fingerprint density at radius 2 is 2.12 bits per heavy atom. The molecule has 1 atom stereocenters. The average Bonchev–Trinajstić information content (AvgIpc) is 2.55. The van der Waals surface area contributed by atoms with Crippen LogP contribution in [0.2, 0.25) is 0 Å². The first-order valence-corrected chi connectivity index (χ1v) is 5.82. The van der Waals surface area contributed by atoms with E-state index in [9.17, 15) is 9.90 Å². The van der Waals surface area contributed by atoms with Gasteiger partial charge in [0.15, 0.2) is 5.69 Å². The second-order valence-corrected chi connectivity index (χ2v) is 5.59. The minimum atomic E-state index is -0.986. The van der Waals surface area contributed by atoms with Gasteiger partial charge in [0.05, 0.1) is 18.3 Å². The lowest BCUT2D eigenvalue weighted by atomic mass is 9.95. The zero-order valence-corrected chi connectivity index (χ0v) is 10.4. The molecule has 1 aliphatic heterocycles. The second kappa shape index (κ2) is 3.84. The van der Waals surface area contributed by atoms with Gasteiger partial charge >= 0.3 is 5.97 Å². The smallest absolute Gasteiger partial charge is 0.356 e. The molecule has 1 aliphatic rings. The topological polar surface area (TPSA) is 75.3 Å². The third-order valence-corrected chi connectivity index (χ3v) is 3.05. The van der Waals surface area contributed by atoms with Crippen LogP contribution < -0.4 is 0 Å². The van der Waals surface area contributed by atoms with Crippen molar-refractivity contribution >= 4 is 5.97 Å². The zero-order valence-electron chi connectivity index (χ0n) is 10.4. The summed E-state index contributed by atoms with van der Waals surface area (Å²) in [5.41, 5.74) is 0.661. The highest BCUT2D eigenvalue weighted by molar-refractivity contribution is 5.87. The Morgan fingerprint density at radius 1 is 1.47 bits per heavy atom. The number of carbonyl (C=O) groups is 1. The number of aliphatic hydroxyl groups excluding tert-OH is 1. The number of nitrogens with zero attached hydrogens (tertiary/aromatic N) is 2. The normalized spacial score (nSPS) is 20.1. The van der Waals surface area contributed by atoms with Gasteiger partial charge in [0, 0.05) is 5.41 Å². The third-order valence-electron chi connectivity index (χ3n) is 3.05. The van der Waals surface area contributed by atoms with Gasteiger partial charge in [-0.1, -0.05) is 20.8 Å². The lowest BCUT2D eigenvalue weighted by Crippen LogP contribution is -2.29. The summed E-state index contributed by atoms with van der Waals surface area (Å²) >= 11 is 0. The molecule has 0 bridgehead atoms. The Balaban J connectivity index is 2.58. The molecule has 2 N–H and O–H groups in total. The lowest BCUT2D eigenvalue weighted by molar-refractivity contribution is 0.0686. The molecule has 0 aromatic carbocycles. The molecule has 0 amide bonds. The molecular weight excluding hydrogens is 220 g/mol. The van der Waals surface area contributed by atoms with E-state index in [0.717, 1.165) is 11.5 Å². The van der Waals surface area contributed by atoms with Crippen molar-refractivity contribution in [1.82, 2.24) is 9.55 Å². The molecule has 17 heavy (non-hydrogen) atoms. The minimum Gasteiger partial charge on any atom is -0.476 e. The first-order valence-electron chi connectivity index (χ1n) is 5.82. The van der Waals surface area contributed by atoms with Crippen LogP contribution in [0.1, 0.15) is 49.2 Å². The number of aromatic nitrogens is 2. The van der Waals surface area contributed by atoms with Crippen LogP contribution in [0.15, 0.2) is 0 Å². The molecule has 0 saturated carbocycles. The van der Waals surface area contributed by atoms with Crippen molar-refractivity contribution in [2.24, 2.45) is 0 Å². The maximum atomic E-state index is 11.2. The first kappa shape index (κ1) is 12.1. The SMILES string of the molecule is CC(C)(C)c1nc(C(=O)O)c2n1CC(O)CC2. The number of fused-ring (bicyclic) bond motifs is 1. The van der Waals surface area contributed by atoms with Gasteiger partial charge in [-0.05, 0) is 12.8 Å². The van der Waals surface area contributed by atoms with Gasteiger partial charge in [0.1, 0.15) is 5.82 Å². The second-order valence-electron chi connectivity index (χ2n) is 5.59. The lowest BCUT2D eigenvalue weighted by Gasteiger charge is -2.26. The van der Waals surface area contributed by atoms with Gasteiger partial charge in [-0.25, -0.2) is 9.78 Å². The van der Waals surface area contributed by atoms with Gasteiger partial charge in [0.2, 0.25) is 0 Å². The molecule has 1 unspecified atom stereocenters. The van der Waals surface area contributed by atoms with Gasteiger partial charge in [0.25, 0.3) is 0 Å². The molecule has 1 aromatic rings. The first-order chi connectivity index (χ1) is 7.80. The number of hydrogen-bond donors (Lipinski definition) is 2. The van der Waals surface area contributed by atoms with E-state index in [-0.39, 0.29) is 11.1 Å². The van der Waals surface area contributed by atoms with Crippen molar-refractivity contribution in [2.75, 3.05) is 0 Å². The molecule has 2 heterocycles. The Bertz CT molecular complexity index is 457. The summed E-state index contributed by atoms with van der Waals surface area (Å²) in [6, 6.07) is 0. The van der Waals surface area contributed by atoms with E-state index in [1.54, 1.807) is 0 Å². The molecular formula is C12H18N2O3. The zero-order chi connectivity index (χ0) is 12.8. The van der Waals surface area contributed by atoms with Gasteiger partial charge in [-0.3, -0.25) is 0 Å². The quantitative estimate of drug-likeness (QED) is 0.770. The van der Waals surface area contributed by atoms with Gasteiger partial charge in [-0.15, -0.1) is 0 Å². The van der Waals surface area contributed by atoms with Crippen molar-refractivity contribution in [2.45, 2.75) is 51.7 Å². The highest BCUT2D eigenvalue weighted by atomic mass is 16.4. The van der Waals surface area contributed by atoms with Crippen LogP contribution in [0, 0.1) is 0 Å². The van der Waals surface area contributed by atoms with Crippen molar-refractivity contribution in [3.05, 3.63) is 17.2 Å². The van der Waals surface area contributed by atoms with E-state index in [0.29, 0.717) is 19.4 Å². The highest BCUT2D eigenvalue weighted by Crippen LogP contribution is 2.28. The van der Waals surface area contributed by atoms with E-state index in [4.69, 9.17) is 5.11 Å². The third kappa shape index (κ3) is 2.07. The van der Waals surface area contributed by atoms with Crippen molar-refractivity contribution in [3.63, 3.8) is 0 Å². The van der Waals surface area contributed by atoms with E-state index in [2.05, 4.69) is 4.98 Å². The van der Waals surface area contributed by atoms with E-state index in [1.807, 2.05) is 25.3 Å². The van der Waals surface area contributed by atoms with Crippen LogP contribution in [0.25, 0.3) is 0 Å². The summed E-state index contributed by atoms with van der Waals surface area (Å²) in [6.07, 6.45) is 0.779. The predicted octanol–water partition coefficient (Wildman–Crippen LogP) is 1.19. The summed E-state index contributed by atoms with van der Waals surface area (Å²) in [4.78, 5) is 15.4. The Labute approximate surface area is 100 Å². The highest BCUT2D eigenvalue weighted by Gasteiger charge is 2.31. The molecule has 0 saturated heterocycles. The number of aliphatic hydroxyl groups is 1. The molecule has 0 aliphatic carbocycles. The Hall–Kier alpha value is -1.36. The fourth-order valence-electron chi connectivity index (χ4n) is 2.29. The fraction of sp³-hybridized carbons (Fsp3) is 0.667. The van der Waals surface area contributed by atoms with E-state index < -0.39 is 12.1 Å². The van der Waals surface area contributed by atoms with Crippen LogP contribution in [0.4, 0.5) is 0 Å². The molecule has 5 heteroatoms. The fourth-order valence-corrected chi connectivity index (χ4v) is 2.29. The van der Waals surface area contributed by atoms with E-state index in [1.165, 1.54) is 0 Å². The molecule has 0 fully saturated rings. The number of carboxylic acid groups (broad SMARTS) is 1. The minimum absolute atomic E-state index is 0.141. The molecule has 0 radical (unpaired) electrons. The molecule has 2 rings (SSSR count). The summed E-state index contributed by atoms with van der Waals surface area (Å²) in [5.74, 6) is -0.246. The molecule has 1 aromatic heterocycles. The van der Waals surface area contributed by atoms with Crippen LogP contribution in [0.3, 0.4) is 0 Å². The van der Waals surface area contributed by atoms with Crippen LogP contribution in [0.5, 0.6) is 0 Å². The number of imidazole rings is 1. The monoisotopic (exact) mass is 238 g/mol. The number of rotatable bonds is 1. The maximum absolute atomic E-state index is 11.2. The average molecular weight is 238 g/mol. The van der Waals surface area contributed by atoms with Crippen molar-refractivity contribution < 1.29 is 15.0 Å².